The predicted octanol–water partition coefficient (Wildman–Crippen LogP) is 6.99. The molecule has 0 atom stereocenters. The van der Waals surface area contributed by atoms with E-state index < -0.39 is 0 Å². The third-order valence-corrected chi connectivity index (χ3v) is 5.03. The van der Waals surface area contributed by atoms with Crippen molar-refractivity contribution in [1.29, 1.82) is 0 Å². The van der Waals surface area contributed by atoms with E-state index in [1.54, 1.807) is 6.08 Å². The number of benzene rings is 3. The number of ketones is 1. The van der Waals surface area contributed by atoms with Gasteiger partial charge < -0.3 is 9.47 Å². The molecule has 0 saturated carbocycles. The van der Waals surface area contributed by atoms with E-state index >= 15 is 0 Å². The molecule has 3 aromatic carbocycles. The first-order valence-electron chi connectivity index (χ1n) is 10.9. The van der Waals surface area contributed by atoms with E-state index in [1.807, 2.05) is 67.6 Å². The fraction of sp³-hybridized carbons (Fsp3) is 0.207. The van der Waals surface area contributed by atoms with Crippen LogP contribution >= 0.6 is 0 Å². The molecule has 3 aromatic rings. The lowest BCUT2D eigenvalue weighted by atomic mass is 10.1. The summed E-state index contributed by atoms with van der Waals surface area (Å²) in [6, 6.07) is 25.3. The Morgan fingerprint density at radius 3 is 2.22 bits per heavy atom. The van der Waals surface area contributed by atoms with Crippen LogP contribution < -0.4 is 4.74 Å². The van der Waals surface area contributed by atoms with E-state index in [9.17, 15) is 4.79 Å². The van der Waals surface area contributed by atoms with Crippen molar-refractivity contribution >= 4 is 17.4 Å². The highest BCUT2D eigenvalue weighted by Gasteiger charge is 2.00. The SMILES string of the molecule is C=C(C)c1ccc(COCCCCOc2ccc(/C=C/C(=O)c3ccccc3)cc2)cc1. The molecule has 0 bridgehead atoms. The number of carbonyl (C=O) groups excluding carboxylic acids is 1. The Balaban J connectivity index is 1.30. The summed E-state index contributed by atoms with van der Waals surface area (Å²) in [5, 5.41) is 0. The maximum atomic E-state index is 12.1. The van der Waals surface area contributed by atoms with Crippen LogP contribution in [0.5, 0.6) is 5.75 Å². The largest absolute Gasteiger partial charge is 0.494 e. The first-order valence-corrected chi connectivity index (χ1v) is 10.9. The first kappa shape index (κ1) is 23.2. The molecule has 3 rings (SSSR count). The third kappa shape index (κ3) is 7.68. The average molecular weight is 427 g/mol. The zero-order chi connectivity index (χ0) is 22.6. The lowest BCUT2D eigenvalue weighted by Crippen LogP contribution is -2.01. The molecule has 0 aliphatic carbocycles. The molecule has 0 radical (unpaired) electrons. The van der Waals surface area contributed by atoms with Gasteiger partial charge >= 0.3 is 0 Å². The number of allylic oxidation sites excluding steroid dienone is 2. The Labute approximate surface area is 191 Å². The summed E-state index contributed by atoms with van der Waals surface area (Å²) < 4.78 is 11.6. The van der Waals surface area contributed by atoms with Crippen molar-refractivity contribution in [3.8, 4) is 5.75 Å². The minimum Gasteiger partial charge on any atom is -0.494 e. The Morgan fingerprint density at radius 1 is 0.844 bits per heavy atom. The number of carbonyl (C=O) groups is 1. The van der Waals surface area contributed by atoms with Gasteiger partial charge in [-0.2, -0.15) is 0 Å². The van der Waals surface area contributed by atoms with Crippen molar-refractivity contribution in [3.63, 3.8) is 0 Å². The van der Waals surface area contributed by atoms with E-state index in [-0.39, 0.29) is 5.78 Å². The van der Waals surface area contributed by atoms with E-state index in [0.29, 0.717) is 25.4 Å². The highest BCUT2D eigenvalue weighted by Crippen LogP contribution is 2.15. The molecule has 3 nitrogen and oxygen atoms in total. The van der Waals surface area contributed by atoms with E-state index in [0.717, 1.165) is 35.3 Å². The molecule has 3 heteroatoms. The summed E-state index contributed by atoms with van der Waals surface area (Å²) in [4.78, 5) is 12.1. The summed E-state index contributed by atoms with van der Waals surface area (Å²) in [5.74, 6) is 0.826. The topological polar surface area (TPSA) is 35.5 Å². The van der Waals surface area contributed by atoms with Crippen LogP contribution in [0.2, 0.25) is 0 Å². The standard InChI is InChI=1S/C29H30O3/c1-23(2)26-15-10-25(11-16-26)22-31-20-6-7-21-32-28-17-12-24(13-18-28)14-19-29(30)27-8-4-3-5-9-27/h3-5,8-19H,1,6-7,20-22H2,2H3/b19-14+. The van der Waals surface area contributed by atoms with E-state index in [2.05, 4.69) is 30.8 Å². The lowest BCUT2D eigenvalue weighted by Gasteiger charge is -2.08. The molecular formula is C29H30O3. The van der Waals surface area contributed by atoms with Crippen LogP contribution in [0.15, 0.2) is 91.5 Å². The van der Waals surface area contributed by atoms with Crippen molar-refractivity contribution in [2.75, 3.05) is 13.2 Å². The molecular weight excluding hydrogens is 396 g/mol. The van der Waals surface area contributed by atoms with Crippen molar-refractivity contribution in [2.45, 2.75) is 26.4 Å². The van der Waals surface area contributed by atoms with Crippen LogP contribution in [0, 0.1) is 0 Å². The number of rotatable bonds is 12. The summed E-state index contributed by atoms with van der Waals surface area (Å²) in [7, 11) is 0. The summed E-state index contributed by atoms with van der Waals surface area (Å²) in [6.07, 6.45) is 5.30. The minimum absolute atomic E-state index is 0.00276. The highest BCUT2D eigenvalue weighted by atomic mass is 16.5. The molecule has 0 aliphatic heterocycles. The summed E-state index contributed by atoms with van der Waals surface area (Å²) in [5.41, 5.74) is 5.06. The van der Waals surface area contributed by atoms with Gasteiger partial charge in [0.05, 0.1) is 13.2 Å². The Morgan fingerprint density at radius 2 is 1.53 bits per heavy atom. The molecule has 0 aromatic heterocycles. The number of hydrogen-bond acceptors (Lipinski definition) is 3. The monoisotopic (exact) mass is 426 g/mol. The first-order chi connectivity index (χ1) is 15.6. The molecule has 0 amide bonds. The maximum Gasteiger partial charge on any atom is 0.185 e. The quantitative estimate of drug-likeness (QED) is 0.178. The molecule has 0 fully saturated rings. The maximum absolute atomic E-state index is 12.1. The van der Waals surface area contributed by atoms with Crippen LogP contribution in [-0.2, 0) is 11.3 Å². The highest BCUT2D eigenvalue weighted by molar-refractivity contribution is 6.06. The second-order valence-electron chi connectivity index (χ2n) is 7.72. The fourth-order valence-corrected chi connectivity index (χ4v) is 3.12. The molecule has 164 valence electrons. The molecule has 0 aliphatic rings. The smallest absolute Gasteiger partial charge is 0.185 e. The van der Waals surface area contributed by atoms with Crippen molar-refractivity contribution in [1.82, 2.24) is 0 Å². The van der Waals surface area contributed by atoms with Crippen molar-refractivity contribution < 1.29 is 14.3 Å². The Kier molecular flexibility index (Phi) is 9.03. The Hall–Kier alpha value is -3.43. The summed E-state index contributed by atoms with van der Waals surface area (Å²) >= 11 is 0. The van der Waals surface area contributed by atoms with E-state index in [1.165, 1.54) is 5.56 Å². The van der Waals surface area contributed by atoms with Gasteiger partial charge in [-0.15, -0.1) is 0 Å². The number of ether oxygens (including phenoxy) is 2. The van der Waals surface area contributed by atoms with Gasteiger partial charge in [-0.1, -0.05) is 85.0 Å². The van der Waals surface area contributed by atoms with Gasteiger partial charge in [-0.3, -0.25) is 4.79 Å². The predicted molar refractivity (Wildman–Crippen MR) is 132 cm³/mol. The molecule has 32 heavy (non-hydrogen) atoms. The van der Waals surface area contributed by atoms with Gasteiger partial charge in [0.1, 0.15) is 5.75 Å². The zero-order valence-electron chi connectivity index (χ0n) is 18.6. The zero-order valence-corrected chi connectivity index (χ0v) is 18.6. The lowest BCUT2D eigenvalue weighted by molar-refractivity contribution is 0.104. The molecule has 0 spiro atoms. The van der Waals surface area contributed by atoms with Crippen LogP contribution in [0.3, 0.4) is 0 Å². The summed E-state index contributed by atoms with van der Waals surface area (Å²) in [6.45, 7) is 7.95. The molecule has 0 N–H and O–H groups in total. The fourth-order valence-electron chi connectivity index (χ4n) is 3.12. The van der Waals surface area contributed by atoms with Gasteiger partial charge in [-0.05, 0) is 54.7 Å². The second-order valence-corrected chi connectivity index (χ2v) is 7.72. The van der Waals surface area contributed by atoms with Gasteiger partial charge in [0, 0.05) is 12.2 Å². The van der Waals surface area contributed by atoms with Gasteiger partial charge in [0.15, 0.2) is 5.78 Å². The normalized spacial score (nSPS) is 10.9. The second kappa shape index (κ2) is 12.4. The van der Waals surface area contributed by atoms with Gasteiger partial charge in [0.2, 0.25) is 0 Å². The van der Waals surface area contributed by atoms with Crippen molar-refractivity contribution in [3.05, 3.63) is 114 Å². The van der Waals surface area contributed by atoms with Gasteiger partial charge in [0.25, 0.3) is 0 Å². The van der Waals surface area contributed by atoms with Crippen LogP contribution in [0.4, 0.5) is 0 Å². The Bertz CT molecular complexity index is 1020. The average Bonchev–Trinajstić information content (AvgIpc) is 2.83. The van der Waals surface area contributed by atoms with Crippen LogP contribution in [0.1, 0.15) is 46.8 Å². The third-order valence-electron chi connectivity index (χ3n) is 5.03. The van der Waals surface area contributed by atoms with Crippen LogP contribution in [-0.4, -0.2) is 19.0 Å². The number of unbranched alkanes of at least 4 members (excludes halogenated alkanes) is 1. The molecule has 0 unspecified atom stereocenters. The number of hydrogen-bond donors (Lipinski definition) is 0. The van der Waals surface area contributed by atoms with E-state index in [4.69, 9.17) is 9.47 Å². The minimum atomic E-state index is -0.00276. The van der Waals surface area contributed by atoms with Crippen molar-refractivity contribution in [2.24, 2.45) is 0 Å². The molecule has 0 heterocycles. The molecule has 0 saturated heterocycles. The van der Waals surface area contributed by atoms with Gasteiger partial charge in [-0.25, -0.2) is 0 Å². The van der Waals surface area contributed by atoms with Crippen LogP contribution in [0.25, 0.3) is 11.6 Å².